The van der Waals surface area contributed by atoms with Crippen molar-refractivity contribution < 1.29 is 14.4 Å². The summed E-state index contributed by atoms with van der Waals surface area (Å²) in [6.45, 7) is 7.77. The summed E-state index contributed by atoms with van der Waals surface area (Å²) < 4.78 is 0. The van der Waals surface area contributed by atoms with Crippen LogP contribution in [0.1, 0.15) is 56.8 Å². The second-order valence-corrected chi connectivity index (χ2v) is 7.58. The highest BCUT2D eigenvalue weighted by atomic mass is 16.2. The summed E-state index contributed by atoms with van der Waals surface area (Å²) in [4.78, 5) is 41.4. The minimum absolute atomic E-state index is 0.0937. The molecule has 0 aromatic heterocycles. The smallest absolute Gasteiger partial charge is 0.325 e. The van der Waals surface area contributed by atoms with Crippen molar-refractivity contribution in [2.24, 2.45) is 5.92 Å². The maximum absolute atomic E-state index is 13.0. The Morgan fingerprint density at radius 3 is 2.44 bits per heavy atom. The Morgan fingerprint density at radius 1 is 1.19 bits per heavy atom. The predicted octanol–water partition coefficient (Wildman–Crippen LogP) is 3.22. The molecule has 1 aromatic rings. The molecule has 0 radical (unpaired) electrons. The standard InChI is InChI=1S/C21H29N3O3/c1-4-23(5-2)17-11-9-16(10-12-17)18(25)14-24-19(26)21(22-20(24)27)13-7-6-8-15(21)3/h9-12,15H,4-8,13-14H2,1-3H3,(H,22,27)/t15-,21+/m0/s1. The lowest BCUT2D eigenvalue weighted by Crippen LogP contribution is -2.54. The fourth-order valence-electron chi connectivity index (χ4n) is 4.32. The van der Waals surface area contributed by atoms with Crippen molar-refractivity contribution in [3.8, 4) is 0 Å². The van der Waals surface area contributed by atoms with Crippen molar-refractivity contribution in [2.75, 3.05) is 24.5 Å². The van der Waals surface area contributed by atoms with Gasteiger partial charge in [-0.25, -0.2) is 4.79 Å². The number of amides is 3. The molecule has 1 aliphatic carbocycles. The average Bonchev–Trinajstić information content (AvgIpc) is 2.90. The highest BCUT2D eigenvalue weighted by Crippen LogP contribution is 2.38. The Kier molecular flexibility index (Phi) is 5.53. The first kappa shape index (κ1) is 19.4. The zero-order valence-corrected chi connectivity index (χ0v) is 16.5. The van der Waals surface area contributed by atoms with E-state index in [4.69, 9.17) is 0 Å². The van der Waals surface area contributed by atoms with Crippen LogP contribution in [-0.4, -0.2) is 47.8 Å². The molecule has 2 atom stereocenters. The molecular weight excluding hydrogens is 342 g/mol. The molecule has 2 aliphatic rings. The second-order valence-electron chi connectivity index (χ2n) is 7.58. The molecule has 3 rings (SSSR count). The van der Waals surface area contributed by atoms with Crippen LogP contribution in [0.2, 0.25) is 0 Å². The van der Waals surface area contributed by atoms with Crippen LogP contribution in [0.25, 0.3) is 0 Å². The topological polar surface area (TPSA) is 69.7 Å². The van der Waals surface area contributed by atoms with E-state index in [2.05, 4.69) is 24.1 Å². The molecule has 1 spiro atoms. The molecule has 1 aromatic carbocycles. The minimum Gasteiger partial charge on any atom is -0.372 e. The molecule has 1 saturated heterocycles. The van der Waals surface area contributed by atoms with E-state index < -0.39 is 11.6 Å². The molecule has 2 fully saturated rings. The summed E-state index contributed by atoms with van der Waals surface area (Å²) in [6, 6.07) is 6.93. The third-order valence-electron chi connectivity index (χ3n) is 6.12. The molecule has 1 aliphatic heterocycles. The number of hydrogen-bond acceptors (Lipinski definition) is 4. The highest BCUT2D eigenvalue weighted by Gasteiger charge is 2.55. The van der Waals surface area contributed by atoms with Crippen molar-refractivity contribution in [3.63, 3.8) is 0 Å². The summed E-state index contributed by atoms with van der Waals surface area (Å²) >= 11 is 0. The third kappa shape index (κ3) is 3.45. The Hall–Kier alpha value is -2.37. The van der Waals surface area contributed by atoms with Gasteiger partial charge in [0.2, 0.25) is 0 Å². The van der Waals surface area contributed by atoms with E-state index in [-0.39, 0.29) is 24.2 Å². The molecule has 0 unspecified atom stereocenters. The van der Waals surface area contributed by atoms with E-state index in [0.29, 0.717) is 12.0 Å². The number of carbonyl (C=O) groups excluding carboxylic acids is 3. The Bertz CT molecular complexity index is 727. The first-order valence-corrected chi connectivity index (χ1v) is 9.95. The van der Waals surface area contributed by atoms with E-state index in [0.717, 1.165) is 42.9 Å². The number of benzene rings is 1. The van der Waals surface area contributed by atoms with Gasteiger partial charge in [-0.2, -0.15) is 0 Å². The maximum Gasteiger partial charge on any atom is 0.325 e. The van der Waals surface area contributed by atoms with Gasteiger partial charge in [0.15, 0.2) is 5.78 Å². The second kappa shape index (κ2) is 7.71. The van der Waals surface area contributed by atoms with Crippen molar-refractivity contribution in [1.82, 2.24) is 10.2 Å². The van der Waals surface area contributed by atoms with Crippen LogP contribution in [0.4, 0.5) is 10.5 Å². The molecular formula is C21H29N3O3. The highest BCUT2D eigenvalue weighted by molar-refractivity contribution is 6.11. The normalized spacial score (nSPS) is 25.0. The van der Waals surface area contributed by atoms with Crippen LogP contribution in [0, 0.1) is 5.92 Å². The van der Waals surface area contributed by atoms with Crippen LogP contribution in [0.15, 0.2) is 24.3 Å². The number of carbonyl (C=O) groups is 3. The number of rotatable bonds is 6. The first-order chi connectivity index (χ1) is 12.9. The number of nitrogens with zero attached hydrogens (tertiary/aromatic N) is 2. The number of urea groups is 1. The van der Waals surface area contributed by atoms with Gasteiger partial charge in [0.1, 0.15) is 5.54 Å². The van der Waals surface area contributed by atoms with E-state index in [1.807, 2.05) is 19.1 Å². The van der Waals surface area contributed by atoms with E-state index in [9.17, 15) is 14.4 Å². The fourth-order valence-corrected chi connectivity index (χ4v) is 4.32. The van der Waals surface area contributed by atoms with Gasteiger partial charge in [-0.3, -0.25) is 14.5 Å². The molecule has 1 heterocycles. The van der Waals surface area contributed by atoms with Crippen molar-refractivity contribution >= 4 is 23.4 Å². The van der Waals surface area contributed by atoms with Crippen LogP contribution in [-0.2, 0) is 4.79 Å². The van der Waals surface area contributed by atoms with Gasteiger partial charge in [0.05, 0.1) is 6.54 Å². The number of hydrogen-bond donors (Lipinski definition) is 1. The number of Topliss-reactive ketones (excluding diaryl/α,β-unsaturated/α-hetero) is 1. The molecule has 27 heavy (non-hydrogen) atoms. The molecule has 1 saturated carbocycles. The summed E-state index contributed by atoms with van der Waals surface area (Å²) in [6.07, 6.45) is 3.57. The lowest BCUT2D eigenvalue weighted by atomic mass is 9.73. The number of nitrogens with one attached hydrogen (secondary N) is 1. The lowest BCUT2D eigenvalue weighted by molar-refractivity contribution is -0.133. The minimum atomic E-state index is -0.817. The number of ketones is 1. The molecule has 3 amide bonds. The first-order valence-electron chi connectivity index (χ1n) is 9.95. The SMILES string of the molecule is CCN(CC)c1ccc(C(=O)CN2C(=O)N[C@@]3(CCCC[C@@H]3C)C2=O)cc1. The molecule has 1 N–H and O–H groups in total. The molecule has 6 heteroatoms. The Morgan fingerprint density at radius 2 is 1.85 bits per heavy atom. The summed E-state index contributed by atoms with van der Waals surface area (Å²) in [7, 11) is 0. The van der Waals surface area contributed by atoms with Crippen molar-refractivity contribution in [2.45, 2.75) is 52.0 Å². The van der Waals surface area contributed by atoms with Crippen molar-refractivity contribution in [3.05, 3.63) is 29.8 Å². The molecule has 0 bridgehead atoms. The van der Waals surface area contributed by atoms with Crippen LogP contribution in [0.3, 0.4) is 0 Å². The number of imide groups is 1. The van der Waals surface area contributed by atoms with E-state index in [1.165, 1.54) is 0 Å². The quantitative estimate of drug-likeness (QED) is 0.616. The van der Waals surface area contributed by atoms with Gasteiger partial charge < -0.3 is 10.2 Å². The third-order valence-corrected chi connectivity index (χ3v) is 6.12. The van der Waals surface area contributed by atoms with E-state index >= 15 is 0 Å². The predicted molar refractivity (Wildman–Crippen MR) is 105 cm³/mol. The summed E-state index contributed by atoms with van der Waals surface area (Å²) in [5.41, 5.74) is 0.757. The Balaban J connectivity index is 1.72. The van der Waals surface area contributed by atoms with Gasteiger partial charge in [-0.15, -0.1) is 0 Å². The van der Waals surface area contributed by atoms with Gasteiger partial charge in [-0.05, 0) is 56.9 Å². The monoisotopic (exact) mass is 371 g/mol. The summed E-state index contributed by atoms with van der Waals surface area (Å²) in [5, 5.41) is 2.89. The van der Waals surface area contributed by atoms with Gasteiger partial charge in [0.25, 0.3) is 5.91 Å². The average molecular weight is 371 g/mol. The van der Waals surface area contributed by atoms with Crippen LogP contribution < -0.4 is 10.2 Å². The summed E-state index contributed by atoms with van der Waals surface area (Å²) in [5.74, 6) is -0.367. The molecule has 146 valence electrons. The largest absolute Gasteiger partial charge is 0.372 e. The van der Waals surface area contributed by atoms with Gasteiger partial charge in [-0.1, -0.05) is 19.8 Å². The molecule has 6 nitrogen and oxygen atoms in total. The lowest BCUT2D eigenvalue weighted by Gasteiger charge is -2.36. The maximum atomic E-state index is 13.0. The van der Waals surface area contributed by atoms with Gasteiger partial charge >= 0.3 is 6.03 Å². The zero-order valence-electron chi connectivity index (χ0n) is 16.5. The van der Waals surface area contributed by atoms with Crippen LogP contribution in [0.5, 0.6) is 0 Å². The van der Waals surface area contributed by atoms with E-state index in [1.54, 1.807) is 12.1 Å². The Labute approximate surface area is 160 Å². The van der Waals surface area contributed by atoms with Crippen LogP contribution >= 0.6 is 0 Å². The van der Waals surface area contributed by atoms with Gasteiger partial charge in [0, 0.05) is 24.3 Å². The number of anilines is 1. The zero-order chi connectivity index (χ0) is 19.6. The fraction of sp³-hybridized carbons (Fsp3) is 0.571. The van der Waals surface area contributed by atoms with Crippen molar-refractivity contribution in [1.29, 1.82) is 0 Å².